The van der Waals surface area contributed by atoms with E-state index >= 15 is 0 Å². The van der Waals surface area contributed by atoms with Crippen LogP contribution < -0.4 is 5.32 Å². The van der Waals surface area contributed by atoms with Gasteiger partial charge in [-0.05, 0) is 58.3 Å². The third-order valence-electron chi connectivity index (χ3n) is 4.89. The summed E-state index contributed by atoms with van der Waals surface area (Å²) in [6.07, 6.45) is 8.41. The van der Waals surface area contributed by atoms with Gasteiger partial charge in [-0.2, -0.15) is 0 Å². The van der Waals surface area contributed by atoms with Crippen molar-refractivity contribution in [2.45, 2.75) is 51.5 Å². The molecule has 0 spiro atoms. The minimum absolute atomic E-state index is 0.742. The number of nitrogens with zero attached hydrogens (tertiary/aromatic N) is 2. The fraction of sp³-hybridized carbons (Fsp3) is 1.00. The molecule has 0 amide bonds. The molecular formula is C16H33N3. The molecule has 1 unspecified atom stereocenters. The third-order valence-corrected chi connectivity index (χ3v) is 4.89. The molecule has 3 heteroatoms. The molecule has 2 aliphatic rings. The first-order valence-corrected chi connectivity index (χ1v) is 8.44. The minimum Gasteiger partial charge on any atom is -0.312 e. The van der Waals surface area contributed by atoms with E-state index in [1.807, 2.05) is 0 Å². The van der Waals surface area contributed by atoms with Gasteiger partial charge in [0.1, 0.15) is 0 Å². The molecule has 1 atom stereocenters. The predicted octanol–water partition coefficient (Wildman–Crippen LogP) is 2.18. The van der Waals surface area contributed by atoms with Crippen molar-refractivity contribution in [3.63, 3.8) is 0 Å². The molecule has 112 valence electrons. The third kappa shape index (κ3) is 5.05. The highest BCUT2D eigenvalue weighted by molar-refractivity contribution is 4.84. The molecule has 1 heterocycles. The van der Waals surface area contributed by atoms with E-state index in [0.29, 0.717) is 0 Å². The number of hydrogen-bond acceptors (Lipinski definition) is 3. The molecule has 0 bridgehead atoms. The van der Waals surface area contributed by atoms with E-state index in [2.05, 4.69) is 29.1 Å². The van der Waals surface area contributed by atoms with Crippen LogP contribution >= 0.6 is 0 Å². The summed E-state index contributed by atoms with van der Waals surface area (Å²) in [4.78, 5) is 5.18. The number of rotatable bonds is 6. The van der Waals surface area contributed by atoms with Crippen LogP contribution in [0.5, 0.6) is 0 Å². The second kappa shape index (κ2) is 8.23. The zero-order valence-electron chi connectivity index (χ0n) is 13.0. The maximum atomic E-state index is 3.83. The summed E-state index contributed by atoms with van der Waals surface area (Å²) in [5, 5.41) is 3.83. The van der Waals surface area contributed by atoms with E-state index in [1.54, 1.807) is 0 Å². The van der Waals surface area contributed by atoms with Crippen molar-refractivity contribution in [2.24, 2.45) is 5.92 Å². The number of likely N-dealkylation sites (N-methyl/N-ethyl adjacent to an activating group) is 1. The van der Waals surface area contributed by atoms with Crippen molar-refractivity contribution in [1.82, 2.24) is 15.1 Å². The topological polar surface area (TPSA) is 18.5 Å². The normalized spacial score (nSPS) is 25.6. The second-order valence-corrected chi connectivity index (χ2v) is 6.56. The van der Waals surface area contributed by atoms with Crippen molar-refractivity contribution < 1.29 is 0 Å². The van der Waals surface area contributed by atoms with Gasteiger partial charge in [-0.25, -0.2) is 0 Å². The lowest BCUT2D eigenvalue weighted by atomic mass is 9.97. The molecule has 1 aliphatic carbocycles. The highest BCUT2D eigenvalue weighted by Crippen LogP contribution is 2.28. The van der Waals surface area contributed by atoms with Gasteiger partial charge in [0.05, 0.1) is 0 Å². The summed E-state index contributed by atoms with van der Waals surface area (Å²) < 4.78 is 0. The zero-order chi connectivity index (χ0) is 13.5. The lowest BCUT2D eigenvalue weighted by Gasteiger charge is -2.31. The van der Waals surface area contributed by atoms with E-state index in [1.165, 1.54) is 77.8 Å². The van der Waals surface area contributed by atoms with Crippen LogP contribution in [0.15, 0.2) is 0 Å². The Balaban J connectivity index is 1.83. The van der Waals surface area contributed by atoms with Gasteiger partial charge in [-0.3, -0.25) is 0 Å². The highest BCUT2D eigenvalue weighted by atomic mass is 15.2. The lowest BCUT2D eigenvalue weighted by Crippen LogP contribution is -2.46. The van der Waals surface area contributed by atoms with Crippen molar-refractivity contribution >= 4 is 0 Å². The van der Waals surface area contributed by atoms with Crippen LogP contribution in [-0.2, 0) is 0 Å². The van der Waals surface area contributed by atoms with E-state index in [0.717, 1.165) is 12.0 Å². The van der Waals surface area contributed by atoms with Gasteiger partial charge in [-0.1, -0.05) is 19.8 Å². The Morgan fingerprint density at radius 1 is 1.05 bits per heavy atom. The van der Waals surface area contributed by atoms with E-state index in [9.17, 15) is 0 Å². The highest BCUT2D eigenvalue weighted by Gasteiger charge is 2.26. The Kier molecular flexibility index (Phi) is 6.62. The van der Waals surface area contributed by atoms with Gasteiger partial charge in [0.2, 0.25) is 0 Å². The number of hydrogen-bond donors (Lipinski definition) is 1. The van der Waals surface area contributed by atoms with Crippen molar-refractivity contribution in [2.75, 3.05) is 46.3 Å². The van der Waals surface area contributed by atoms with E-state index in [4.69, 9.17) is 0 Å². The molecule has 3 nitrogen and oxygen atoms in total. The van der Waals surface area contributed by atoms with Gasteiger partial charge in [0.15, 0.2) is 0 Å². The molecule has 2 fully saturated rings. The van der Waals surface area contributed by atoms with Crippen LogP contribution in [0.25, 0.3) is 0 Å². The summed E-state index contributed by atoms with van der Waals surface area (Å²) >= 11 is 0. The van der Waals surface area contributed by atoms with E-state index < -0.39 is 0 Å². The molecular weight excluding hydrogens is 234 g/mol. The molecule has 1 saturated heterocycles. The summed E-state index contributed by atoms with van der Waals surface area (Å²) in [6.45, 7) is 9.81. The second-order valence-electron chi connectivity index (χ2n) is 6.56. The van der Waals surface area contributed by atoms with Crippen LogP contribution in [0.1, 0.15) is 45.4 Å². The lowest BCUT2D eigenvalue weighted by molar-refractivity contribution is 0.212. The first kappa shape index (κ1) is 15.3. The van der Waals surface area contributed by atoms with Crippen LogP contribution in [0, 0.1) is 5.92 Å². The fourth-order valence-corrected chi connectivity index (χ4v) is 3.63. The average Bonchev–Trinajstić information content (AvgIpc) is 2.86. The molecule has 0 aromatic rings. The van der Waals surface area contributed by atoms with Crippen LogP contribution in [-0.4, -0.2) is 62.2 Å². The molecule has 0 aromatic carbocycles. The molecule has 1 N–H and O–H groups in total. The van der Waals surface area contributed by atoms with E-state index in [-0.39, 0.29) is 0 Å². The fourth-order valence-electron chi connectivity index (χ4n) is 3.63. The smallest absolute Gasteiger partial charge is 0.0223 e. The van der Waals surface area contributed by atoms with Gasteiger partial charge >= 0.3 is 0 Å². The summed E-state index contributed by atoms with van der Waals surface area (Å²) in [5.74, 6) is 0.938. The van der Waals surface area contributed by atoms with Crippen molar-refractivity contribution in [3.8, 4) is 0 Å². The Morgan fingerprint density at radius 2 is 1.84 bits per heavy atom. The van der Waals surface area contributed by atoms with Gasteiger partial charge < -0.3 is 15.1 Å². The van der Waals surface area contributed by atoms with Gasteiger partial charge in [0.25, 0.3) is 0 Å². The predicted molar refractivity (Wildman–Crippen MR) is 82.6 cm³/mol. The van der Waals surface area contributed by atoms with Gasteiger partial charge in [0, 0.05) is 25.7 Å². The Labute approximate surface area is 119 Å². The van der Waals surface area contributed by atoms with Crippen molar-refractivity contribution in [1.29, 1.82) is 0 Å². The minimum atomic E-state index is 0.742. The maximum absolute atomic E-state index is 3.83. The summed E-state index contributed by atoms with van der Waals surface area (Å²) in [5.41, 5.74) is 0. The maximum Gasteiger partial charge on any atom is 0.0223 e. The zero-order valence-corrected chi connectivity index (χ0v) is 13.0. The Bertz CT molecular complexity index is 238. The average molecular weight is 267 g/mol. The van der Waals surface area contributed by atoms with Crippen molar-refractivity contribution in [3.05, 3.63) is 0 Å². The largest absolute Gasteiger partial charge is 0.312 e. The molecule has 1 aliphatic heterocycles. The van der Waals surface area contributed by atoms with Crippen LogP contribution in [0.4, 0.5) is 0 Å². The first-order valence-electron chi connectivity index (χ1n) is 8.44. The van der Waals surface area contributed by atoms with Crippen LogP contribution in [0.2, 0.25) is 0 Å². The molecule has 0 radical (unpaired) electrons. The standard InChI is InChI=1S/C16H33N3/c1-3-9-17-16(15-7-4-5-8-15)14-19-11-6-10-18(2)12-13-19/h15-17H,3-14H2,1-2H3. The quantitative estimate of drug-likeness (QED) is 0.796. The molecule has 19 heavy (non-hydrogen) atoms. The Morgan fingerprint density at radius 3 is 2.58 bits per heavy atom. The Hall–Kier alpha value is -0.120. The molecule has 2 rings (SSSR count). The monoisotopic (exact) mass is 267 g/mol. The van der Waals surface area contributed by atoms with Gasteiger partial charge in [-0.15, -0.1) is 0 Å². The SMILES string of the molecule is CCCNC(CN1CCCN(C)CC1)C1CCCC1. The summed E-state index contributed by atoms with van der Waals surface area (Å²) in [6, 6.07) is 0.742. The van der Waals surface area contributed by atoms with Crippen LogP contribution in [0.3, 0.4) is 0 Å². The number of nitrogens with one attached hydrogen (secondary N) is 1. The molecule has 0 aromatic heterocycles. The molecule has 1 saturated carbocycles. The first-order chi connectivity index (χ1) is 9.29. The summed E-state index contributed by atoms with van der Waals surface area (Å²) in [7, 11) is 2.26.